The van der Waals surface area contributed by atoms with E-state index in [1.165, 1.54) is 11.4 Å². The topological polar surface area (TPSA) is 96.4 Å². The minimum atomic E-state index is -3.41. The average molecular weight is 377 g/mol. The van der Waals surface area contributed by atoms with Crippen molar-refractivity contribution in [1.82, 2.24) is 4.98 Å². The molecule has 0 saturated carbocycles. The van der Waals surface area contributed by atoms with E-state index in [0.29, 0.717) is 4.47 Å². The van der Waals surface area contributed by atoms with Crippen molar-refractivity contribution in [2.24, 2.45) is 0 Å². The highest BCUT2D eigenvalue weighted by molar-refractivity contribution is 9.10. The second-order valence-corrected chi connectivity index (χ2v) is 7.53. The Bertz CT molecular complexity index is 770. The Hall–Kier alpha value is -1.45. The second kappa shape index (κ2) is 5.51. The third-order valence-corrected chi connectivity index (χ3v) is 4.83. The maximum absolute atomic E-state index is 12.0. The van der Waals surface area contributed by atoms with Gasteiger partial charge in [0.25, 0.3) is 5.91 Å². The predicted octanol–water partition coefficient (Wildman–Crippen LogP) is 2.27. The summed E-state index contributed by atoms with van der Waals surface area (Å²) < 4.78 is 23.0. The number of thiazole rings is 1. The molecule has 106 valence electrons. The van der Waals surface area contributed by atoms with Crippen molar-refractivity contribution in [3.63, 3.8) is 0 Å². The lowest BCUT2D eigenvalue weighted by Gasteiger charge is -2.05. The van der Waals surface area contributed by atoms with E-state index in [4.69, 9.17) is 0 Å². The molecule has 2 rings (SSSR count). The molecular weight excluding hydrogens is 368 g/mol. The lowest BCUT2D eigenvalue weighted by molar-refractivity contribution is 0.102. The number of sulfone groups is 1. The Morgan fingerprint density at radius 3 is 2.75 bits per heavy atom. The molecule has 1 heterocycles. The molecule has 0 aliphatic heterocycles. The van der Waals surface area contributed by atoms with E-state index in [1.54, 1.807) is 12.1 Å². The molecule has 1 aromatic carbocycles. The molecule has 0 saturated heterocycles. The predicted molar refractivity (Wildman–Crippen MR) is 79.0 cm³/mol. The molecule has 0 aliphatic rings. The molecule has 1 aromatic heterocycles. The number of carbonyl (C=O) groups excluding carboxylic acids is 1. The van der Waals surface area contributed by atoms with Crippen molar-refractivity contribution in [2.75, 3.05) is 11.6 Å². The maximum atomic E-state index is 12.0. The van der Waals surface area contributed by atoms with E-state index in [1.807, 2.05) is 0 Å². The normalized spacial score (nSPS) is 11.3. The van der Waals surface area contributed by atoms with Gasteiger partial charge in [0.2, 0.25) is 0 Å². The second-order valence-electron chi connectivity index (χ2n) is 3.85. The summed E-state index contributed by atoms with van der Waals surface area (Å²) >= 11 is 4.10. The van der Waals surface area contributed by atoms with Gasteiger partial charge in [-0.25, -0.2) is 13.4 Å². The molecule has 0 radical (unpaired) electrons. The van der Waals surface area contributed by atoms with Crippen molar-refractivity contribution < 1.29 is 18.3 Å². The molecule has 20 heavy (non-hydrogen) atoms. The molecule has 0 unspecified atom stereocenters. The molecule has 2 N–H and O–H groups in total. The number of aromatic hydroxyl groups is 1. The first-order valence-electron chi connectivity index (χ1n) is 5.23. The molecule has 0 fully saturated rings. The van der Waals surface area contributed by atoms with Gasteiger partial charge >= 0.3 is 0 Å². The van der Waals surface area contributed by atoms with Crippen LogP contribution in [0.25, 0.3) is 0 Å². The van der Waals surface area contributed by atoms with E-state index in [9.17, 15) is 18.3 Å². The summed E-state index contributed by atoms with van der Waals surface area (Å²) in [4.78, 5) is 15.8. The Labute approximate surface area is 127 Å². The first-order valence-corrected chi connectivity index (χ1v) is 8.80. The maximum Gasteiger partial charge on any atom is 0.261 e. The van der Waals surface area contributed by atoms with Gasteiger partial charge in [-0.15, -0.1) is 11.3 Å². The summed E-state index contributed by atoms with van der Waals surface area (Å²) in [5.74, 6) is -0.761. The number of anilines is 1. The van der Waals surface area contributed by atoms with Gasteiger partial charge in [0.1, 0.15) is 5.75 Å². The smallest absolute Gasteiger partial charge is 0.261 e. The Morgan fingerprint density at radius 2 is 2.15 bits per heavy atom. The molecule has 1 amide bonds. The van der Waals surface area contributed by atoms with E-state index in [-0.39, 0.29) is 21.5 Å². The SMILES string of the molecule is CS(=O)(=O)c1csc(NC(=O)c2cccc(Br)c2O)n1. The number of para-hydroxylation sites is 1. The number of phenolic OH excluding ortho intramolecular Hbond substituents is 1. The van der Waals surface area contributed by atoms with Crippen molar-refractivity contribution in [2.45, 2.75) is 5.03 Å². The molecular formula is C11H9BrN2O4S2. The fourth-order valence-electron chi connectivity index (χ4n) is 1.35. The van der Waals surface area contributed by atoms with Crippen LogP contribution in [0.15, 0.2) is 33.1 Å². The zero-order valence-electron chi connectivity index (χ0n) is 10.1. The van der Waals surface area contributed by atoms with Crippen molar-refractivity contribution in [3.8, 4) is 5.75 Å². The Kier molecular flexibility index (Phi) is 4.11. The van der Waals surface area contributed by atoms with Crippen LogP contribution in [-0.4, -0.2) is 30.7 Å². The Morgan fingerprint density at radius 1 is 1.45 bits per heavy atom. The Balaban J connectivity index is 2.24. The zero-order valence-corrected chi connectivity index (χ0v) is 13.3. The van der Waals surface area contributed by atoms with Crippen molar-refractivity contribution >= 4 is 48.1 Å². The summed E-state index contributed by atoms with van der Waals surface area (Å²) in [6.45, 7) is 0. The molecule has 0 atom stereocenters. The standard InChI is InChI=1S/C11H9BrN2O4S2/c1-20(17,18)8-5-19-11(13-8)14-10(16)6-3-2-4-7(12)9(6)15/h2-5,15H,1H3,(H,13,14,16). The van der Waals surface area contributed by atoms with Gasteiger partial charge in [0, 0.05) is 11.6 Å². The highest BCUT2D eigenvalue weighted by atomic mass is 79.9. The minimum absolute atomic E-state index is 0.0653. The van der Waals surface area contributed by atoms with Gasteiger partial charge in [-0.05, 0) is 28.1 Å². The number of hydrogen-bond acceptors (Lipinski definition) is 6. The minimum Gasteiger partial charge on any atom is -0.506 e. The number of nitrogens with one attached hydrogen (secondary N) is 1. The summed E-state index contributed by atoms with van der Waals surface area (Å²) in [5.41, 5.74) is 0.0653. The number of rotatable bonds is 3. The monoisotopic (exact) mass is 376 g/mol. The first kappa shape index (κ1) is 14.9. The van der Waals surface area contributed by atoms with E-state index < -0.39 is 15.7 Å². The van der Waals surface area contributed by atoms with Gasteiger partial charge in [-0.3, -0.25) is 10.1 Å². The van der Waals surface area contributed by atoms with Gasteiger partial charge in [0.15, 0.2) is 20.0 Å². The highest BCUT2D eigenvalue weighted by Gasteiger charge is 2.17. The van der Waals surface area contributed by atoms with Gasteiger partial charge in [0.05, 0.1) is 10.0 Å². The van der Waals surface area contributed by atoms with Crippen LogP contribution in [0.5, 0.6) is 5.75 Å². The van der Waals surface area contributed by atoms with Gasteiger partial charge < -0.3 is 5.11 Å². The quantitative estimate of drug-likeness (QED) is 0.856. The molecule has 2 aromatic rings. The van der Waals surface area contributed by atoms with Crippen LogP contribution in [0.1, 0.15) is 10.4 Å². The van der Waals surface area contributed by atoms with E-state index in [2.05, 4.69) is 26.2 Å². The summed E-state index contributed by atoms with van der Waals surface area (Å²) in [5, 5.41) is 13.6. The fourth-order valence-corrected chi connectivity index (χ4v) is 3.44. The van der Waals surface area contributed by atoms with Crippen LogP contribution in [-0.2, 0) is 9.84 Å². The largest absolute Gasteiger partial charge is 0.506 e. The molecule has 0 bridgehead atoms. The van der Waals surface area contributed by atoms with Crippen LogP contribution >= 0.6 is 27.3 Å². The third kappa shape index (κ3) is 3.17. The zero-order chi connectivity index (χ0) is 14.9. The highest BCUT2D eigenvalue weighted by Crippen LogP contribution is 2.28. The lowest BCUT2D eigenvalue weighted by atomic mass is 10.2. The molecule has 0 aliphatic carbocycles. The number of benzene rings is 1. The molecule has 0 spiro atoms. The van der Waals surface area contributed by atoms with Gasteiger partial charge in [-0.2, -0.15) is 0 Å². The summed E-state index contributed by atoms with van der Waals surface area (Å²) in [6, 6.07) is 4.64. The van der Waals surface area contributed by atoms with Crippen molar-refractivity contribution in [1.29, 1.82) is 0 Å². The number of halogens is 1. The number of carbonyl (C=O) groups is 1. The van der Waals surface area contributed by atoms with Crippen LogP contribution in [0.2, 0.25) is 0 Å². The lowest BCUT2D eigenvalue weighted by Crippen LogP contribution is -2.12. The van der Waals surface area contributed by atoms with E-state index in [0.717, 1.165) is 17.6 Å². The number of nitrogens with zero attached hydrogens (tertiary/aromatic N) is 1. The molecule has 6 nitrogen and oxygen atoms in total. The summed E-state index contributed by atoms with van der Waals surface area (Å²) in [7, 11) is -3.41. The summed E-state index contributed by atoms with van der Waals surface area (Å²) in [6.07, 6.45) is 1.04. The van der Waals surface area contributed by atoms with Crippen LogP contribution in [0.3, 0.4) is 0 Å². The number of hydrogen-bond donors (Lipinski definition) is 2. The number of phenols is 1. The average Bonchev–Trinajstić information content (AvgIpc) is 2.81. The number of aromatic nitrogens is 1. The van der Waals surface area contributed by atoms with Crippen LogP contribution < -0.4 is 5.32 Å². The van der Waals surface area contributed by atoms with Crippen LogP contribution in [0, 0.1) is 0 Å². The molecule has 9 heteroatoms. The number of amides is 1. The van der Waals surface area contributed by atoms with Crippen LogP contribution in [0.4, 0.5) is 5.13 Å². The third-order valence-electron chi connectivity index (χ3n) is 2.31. The fraction of sp³-hybridized carbons (Fsp3) is 0.0909. The first-order chi connectivity index (χ1) is 9.29. The van der Waals surface area contributed by atoms with Gasteiger partial charge in [-0.1, -0.05) is 6.07 Å². The van der Waals surface area contributed by atoms with E-state index >= 15 is 0 Å². The van der Waals surface area contributed by atoms with Crippen molar-refractivity contribution in [3.05, 3.63) is 33.6 Å².